The quantitative estimate of drug-likeness (QED) is 0.857. The molecule has 1 heterocycles. The molecule has 1 N–H and O–H groups in total. The number of ether oxygens (including phenoxy) is 1. The van der Waals surface area contributed by atoms with E-state index in [0.29, 0.717) is 19.4 Å². The number of nitrogens with zero attached hydrogens (tertiary/aromatic N) is 1. The van der Waals surface area contributed by atoms with E-state index in [9.17, 15) is 9.59 Å². The fraction of sp³-hybridized carbons (Fsp3) is 0.857. The first kappa shape index (κ1) is 15.8. The smallest absolute Gasteiger partial charge is 0.409 e. The highest BCUT2D eigenvalue weighted by atomic mass is 16.5. The molecule has 1 aliphatic heterocycles. The van der Waals surface area contributed by atoms with Gasteiger partial charge in [-0.1, -0.05) is 20.8 Å². The molecule has 5 nitrogen and oxygen atoms in total. The van der Waals surface area contributed by atoms with Crippen molar-refractivity contribution in [2.45, 2.75) is 52.5 Å². The van der Waals surface area contributed by atoms with E-state index >= 15 is 0 Å². The average Bonchev–Trinajstić information content (AvgIpc) is 2.34. The van der Waals surface area contributed by atoms with Crippen LogP contribution in [0.25, 0.3) is 0 Å². The second-order valence-corrected chi connectivity index (χ2v) is 6.48. The van der Waals surface area contributed by atoms with Crippen LogP contribution < -0.4 is 0 Å². The van der Waals surface area contributed by atoms with Gasteiger partial charge in [0.25, 0.3) is 0 Å². The van der Waals surface area contributed by atoms with Gasteiger partial charge in [0.05, 0.1) is 13.0 Å². The van der Waals surface area contributed by atoms with Gasteiger partial charge in [-0.3, -0.25) is 4.79 Å². The molecule has 2 atom stereocenters. The van der Waals surface area contributed by atoms with Crippen LogP contribution in [0, 0.1) is 11.3 Å². The molecule has 0 aromatic carbocycles. The van der Waals surface area contributed by atoms with E-state index < -0.39 is 5.97 Å². The van der Waals surface area contributed by atoms with Crippen LogP contribution in [0.1, 0.15) is 46.5 Å². The predicted octanol–water partition coefficient (Wildman–Crippen LogP) is 2.74. The minimum absolute atomic E-state index is 0.0264. The Balaban J connectivity index is 2.70. The van der Waals surface area contributed by atoms with Gasteiger partial charge in [0.1, 0.15) is 0 Å². The number of carbonyl (C=O) groups is 2. The Bertz CT molecular complexity index is 335. The number of piperidine rings is 1. The Morgan fingerprint density at radius 1 is 1.37 bits per heavy atom. The van der Waals surface area contributed by atoms with Gasteiger partial charge >= 0.3 is 12.1 Å². The van der Waals surface area contributed by atoms with Crippen molar-refractivity contribution in [3.63, 3.8) is 0 Å². The number of rotatable bonds is 3. The van der Waals surface area contributed by atoms with Crippen molar-refractivity contribution in [1.82, 2.24) is 4.90 Å². The lowest BCUT2D eigenvalue weighted by Crippen LogP contribution is -2.47. The number of carbonyl (C=O) groups excluding carboxylic acids is 1. The number of hydrogen-bond acceptors (Lipinski definition) is 3. The lowest BCUT2D eigenvalue weighted by molar-refractivity contribution is -0.144. The number of carboxylic acids is 1. The summed E-state index contributed by atoms with van der Waals surface area (Å²) >= 11 is 0. The zero-order valence-corrected chi connectivity index (χ0v) is 12.3. The van der Waals surface area contributed by atoms with Gasteiger partial charge in [0, 0.05) is 12.6 Å². The monoisotopic (exact) mass is 271 g/mol. The molecule has 1 amide bonds. The Kier molecular flexibility index (Phi) is 5.20. The van der Waals surface area contributed by atoms with Crippen LogP contribution in [-0.4, -0.2) is 41.8 Å². The Hall–Kier alpha value is -1.26. The highest BCUT2D eigenvalue weighted by Crippen LogP contribution is 2.30. The number of carboxylic acid groups (broad SMARTS) is 1. The Morgan fingerprint density at radius 2 is 2.00 bits per heavy atom. The number of likely N-dealkylation sites (tertiary alicyclic amines) is 1. The Labute approximate surface area is 114 Å². The van der Waals surface area contributed by atoms with Crippen molar-refractivity contribution >= 4 is 12.1 Å². The van der Waals surface area contributed by atoms with Crippen LogP contribution in [0.15, 0.2) is 0 Å². The third-order valence-electron chi connectivity index (χ3n) is 3.70. The van der Waals surface area contributed by atoms with Crippen molar-refractivity contribution in [2.24, 2.45) is 11.3 Å². The van der Waals surface area contributed by atoms with Crippen molar-refractivity contribution in [3.05, 3.63) is 0 Å². The molecule has 1 aliphatic rings. The molecule has 0 spiro atoms. The van der Waals surface area contributed by atoms with E-state index in [2.05, 4.69) is 20.8 Å². The normalized spacial score (nSPS) is 24.1. The SMILES string of the molecule is COC(=O)N1CCC(C(=O)O)CC1CCC(C)(C)C. The maximum atomic E-state index is 11.7. The van der Waals surface area contributed by atoms with Crippen LogP contribution in [0.2, 0.25) is 0 Å². The number of aliphatic carboxylic acids is 1. The van der Waals surface area contributed by atoms with Gasteiger partial charge in [-0.25, -0.2) is 4.79 Å². The van der Waals surface area contributed by atoms with E-state index in [4.69, 9.17) is 9.84 Å². The number of amides is 1. The lowest BCUT2D eigenvalue weighted by Gasteiger charge is -2.38. The van der Waals surface area contributed by atoms with Gasteiger partial charge < -0.3 is 14.7 Å². The molecule has 0 aliphatic carbocycles. The first-order valence-electron chi connectivity index (χ1n) is 6.82. The van der Waals surface area contributed by atoms with Crippen molar-refractivity contribution < 1.29 is 19.4 Å². The van der Waals surface area contributed by atoms with Gasteiger partial charge in [-0.05, 0) is 31.1 Å². The fourth-order valence-electron chi connectivity index (χ4n) is 2.51. The summed E-state index contributed by atoms with van der Waals surface area (Å²) in [6.07, 6.45) is 2.47. The van der Waals surface area contributed by atoms with Crippen molar-refractivity contribution in [2.75, 3.05) is 13.7 Å². The molecule has 0 aromatic heterocycles. The minimum Gasteiger partial charge on any atom is -0.481 e. The highest BCUT2D eigenvalue weighted by Gasteiger charge is 2.35. The van der Waals surface area contributed by atoms with Gasteiger partial charge in [0.15, 0.2) is 0 Å². The van der Waals surface area contributed by atoms with Crippen LogP contribution >= 0.6 is 0 Å². The van der Waals surface area contributed by atoms with E-state index in [1.165, 1.54) is 7.11 Å². The molecule has 110 valence electrons. The topological polar surface area (TPSA) is 66.8 Å². The zero-order chi connectivity index (χ0) is 14.6. The molecular formula is C14H25NO4. The molecule has 0 radical (unpaired) electrons. The van der Waals surface area contributed by atoms with Crippen molar-refractivity contribution in [1.29, 1.82) is 0 Å². The molecule has 0 aromatic rings. The summed E-state index contributed by atoms with van der Waals surface area (Å²) in [5.41, 5.74) is 0.179. The zero-order valence-electron chi connectivity index (χ0n) is 12.3. The minimum atomic E-state index is -0.759. The van der Waals surface area contributed by atoms with E-state index in [-0.39, 0.29) is 23.5 Å². The summed E-state index contributed by atoms with van der Waals surface area (Å²) in [4.78, 5) is 24.5. The first-order valence-corrected chi connectivity index (χ1v) is 6.82. The van der Waals surface area contributed by atoms with E-state index in [1.54, 1.807) is 4.90 Å². The summed E-state index contributed by atoms with van der Waals surface area (Å²) in [5.74, 6) is -1.10. The highest BCUT2D eigenvalue weighted by molar-refractivity contribution is 5.72. The summed E-state index contributed by atoms with van der Waals surface area (Å²) in [7, 11) is 1.37. The maximum Gasteiger partial charge on any atom is 0.409 e. The largest absolute Gasteiger partial charge is 0.481 e. The van der Waals surface area contributed by atoms with Crippen molar-refractivity contribution in [3.8, 4) is 0 Å². The van der Waals surface area contributed by atoms with E-state index in [1.807, 2.05) is 0 Å². The Morgan fingerprint density at radius 3 is 2.47 bits per heavy atom. The van der Waals surface area contributed by atoms with Crippen LogP contribution in [0.5, 0.6) is 0 Å². The second-order valence-electron chi connectivity index (χ2n) is 6.48. The average molecular weight is 271 g/mol. The fourth-order valence-corrected chi connectivity index (χ4v) is 2.51. The third-order valence-corrected chi connectivity index (χ3v) is 3.70. The molecule has 19 heavy (non-hydrogen) atoms. The predicted molar refractivity (Wildman–Crippen MR) is 71.9 cm³/mol. The van der Waals surface area contributed by atoms with Gasteiger partial charge in [-0.15, -0.1) is 0 Å². The summed E-state index contributed by atoms with van der Waals surface area (Å²) in [6.45, 7) is 6.91. The molecule has 0 bridgehead atoms. The summed E-state index contributed by atoms with van der Waals surface area (Å²) < 4.78 is 4.79. The summed E-state index contributed by atoms with van der Waals surface area (Å²) in [6, 6.07) is -0.0264. The summed E-state index contributed by atoms with van der Waals surface area (Å²) in [5, 5.41) is 9.13. The molecule has 5 heteroatoms. The number of hydrogen-bond donors (Lipinski definition) is 1. The second kappa shape index (κ2) is 6.26. The molecule has 1 rings (SSSR count). The third kappa shape index (κ3) is 4.73. The number of methoxy groups -OCH3 is 1. The molecule has 0 saturated carbocycles. The molecule has 1 fully saturated rings. The molecular weight excluding hydrogens is 246 g/mol. The molecule has 2 unspecified atom stereocenters. The first-order chi connectivity index (χ1) is 8.74. The molecule has 1 saturated heterocycles. The standard InChI is InChI=1S/C14H25NO4/c1-14(2,3)7-5-11-9-10(12(16)17)6-8-15(11)13(18)19-4/h10-11H,5-9H2,1-4H3,(H,16,17). The van der Waals surface area contributed by atoms with E-state index in [0.717, 1.165) is 12.8 Å². The van der Waals surface area contributed by atoms with Gasteiger partial charge in [0.2, 0.25) is 0 Å². The van der Waals surface area contributed by atoms with Crippen LogP contribution in [0.3, 0.4) is 0 Å². The van der Waals surface area contributed by atoms with Gasteiger partial charge in [-0.2, -0.15) is 0 Å². The van der Waals surface area contributed by atoms with Crippen LogP contribution in [-0.2, 0) is 9.53 Å². The van der Waals surface area contributed by atoms with Crippen LogP contribution in [0.4, 0.5) is 4.79 Å². The lowest BCUT2D eigenvalue weighted by atomic mass is 9.83. The maximum absolute atomic E-state index is 11.7.